The molecule has 1 N–H and O–H groups in total. The van der Waals surface area contributed by atoms with Gasteiger partial charge in [0.05, 0.1) is 0 Å². The molecule has 3 nitrogen and oxygen atoms in total. The molecular weight excluding hydrogens is 248 g/mol. The van der Waals surface area contributed by atoms with Crippen LogP contribution in [0.2, 0.25) is 0 Å². The molecule has 0 spiro atoms. The second-order valence-electron chi connectivity index (χ2n) is 7.54. The van der Waals surface area contributed by atoms with Crippen molar-refractivity contribution in [1.29, 1.82) is 0 Å². The summed E-state index contributed by atoms with van der Waals surface area (Å²) in [4.78, 5) is 2.56. The molecule has 1 fully saturated rings. The number of hydrogen-bond acceptors (Lipinski definition) is 3. The highest BCUT2D eigenvalue weighted by atomic mass is 16.5. The quantitative estimate of drug-likeness (QED) is 0.741. The molecule has 1 aliphatic rings. The molecule has 0 aromatic rings. The van der Waals surface area contributed by atoms with E-state index in [4.69, 9.17) is 4.74 Å². The van der Waals surface area contributed by atoms with E-state index in [1.807, 2.05) is 0 Å². The Morgan fingerprint density at radius 3 is 2.20 bits per heavy atom. The highest BCUT2D eigenvalue weighted by Gasteiger charge is 2.34. The highest BCUT2D eigenvalue weighted by Crippen LogP contribution is 2.31. The van der Waals surface area contributed by atoms with Gasteiger partial charge in [0.2, 0.25) is 0 Å². The summed E-state index contributed by atoms with van der Waals surface area (Å²) in [5.74, 6) is 0.770. The molecule has 0 saturated carbocycles. The first-order chi connectivity index (χ1) is 9.34. The van der Waals surface area contributed by atoms with Crippen molar-refractivity contribution in [2.45, 2.75) is 66.0 Å². The Bertz CT molecular complexity index is 260. The SMILES string of the molecule is CC(C)CC(C)N(C)CC1(CNC(C)C)CCOCC1. The van der Waals surface area contributed by atoms with E-state index in [1.165, 1.54) is 25.8 Å². The Morgan fingerprint density at radius 2 is 1.70 bits per heavy atom. The summed E-state index contributed by atoms with van der Waals surface area (Å²) in [6, 6.07) is 1.22. The average Bonchev–Trinajstić information content (AvgIpc) is 2.37. The van der Waals surface area contributed by atoms with E-state index in [0.717, 1.165) is 25.7 Å². The van der Waals surface area contributed by atoms with Crippen LogP contribution in [-0.2, 0) is 4.74 Å². The van der Waals surface area contributed by atoms with Crippen molar-refractivity contribution in [1.82, 2.24) is 10.2 Å². The van der Waals surface area contributed by atoms with E-state index in [2.05, 4.69) is 51.9 Å². The zero-order valence-corrected chi connectivity index (χ0v) is 14.5. The van der Waals surface area contributed by atoms with Gasteiger partial charge in [-0.15, -0.1) is 0 Å². The van der Waals surface area contributed by atoms with Gasteiger partial charge in [-0.3, -0.25) is 0 Å². The molecule has 0 aromatic carbocycles. The standard InChI is InChI=1S/C17H36N2O/c1-14(2)11-16(5)19(6)13-17(12-18-15(3)4)7-9-20-10-8-17/h14-16,18H,7-13H2,1-6H3. The van der Waals surface area contributed by atoms with Gasteiger partial charge in [0.1, 0.15) is 0 Å². The van der Waals surface area contributed by atoms with Crippen LogP contribution in [0.5, 0.6) is 0 Å². The lowest BCUT2D eigenvalue weighted by molar-refractivity contribution is -0.00763. The first kappa shape index (κ1) is 17.9. The van der Waals surface area contributed by atoms with Crippen LogP contribution in [0.1, 0.15) is 53.9 Å². The zero-order valence-electron chi connectivity index (χ0n) is 14.5. The Hall–Kier alpha value is -0.120. The predicted molar refractivity (Wildman–Crippen MR) is 87.2 cm³/mol. The summed E-state index contributed by atoms with van der Waals surface area (Å²) in [5.41, 5.74) is 0.391. The zero-order chi connectivity index (χ0) is 15.2. The number of rotatable bonds is 8. The van der Waals surface area contributed by atoms with E-state index in [9.17, 15) is 0 Å². The Morgan fingerprint density at radius 1 is 1.10 bits per heavy atom. The maximum absolute atomic E-state index is 5.59. The van der Waals surface area contributed by atoms with E-state index in [1.54, 1.807) is 0 Å². The molecule has 3 heteroatoms. The third-order valence-electron chi connectivity index (χ3n) is 4.59. The molecular formula is C17H36N2O. The average molecular weight is 284 g/mol. The van der Waals surface area contributed by atoms with E-state index in [-0.39, 0.29) is 0 Å². The fourth-order valence-corrected chi connectivity index (χ4v) is 3.16. The van der Waals surface area contributed by atoms with Gasteiger partial charge >= 0.3 is 0 Å². The molecule has 0 radical (unpaired) electrons. The van der Waals surface area contributed by atoms with E-state index < -0.39 is 0 Å². The van der Waals surface area contributed by atoms with Gasteiger partial charge in [-0.05, 0) is 44.6 Å². The van der Waals surface area contributed by atoms with Gasteiger partial charge in [0.15, 0.2) is 0 Å². The van der Waals surface area contributed by atoms with Crippen LogP contribution in [0.4, 0.5) is 0 Å². The fraction of sp³-hybridized carbons (Fsp3) is 1.00. The van der Waals surface area contributed by atoms with E-state index in [0.29, 0.717) is 17.5 Å². The highest BCUT2D eigenvalue weighted by molar-refractivity contribution is 4.88. The summed E-state index contributed by atoms with van der Waals surface area (Å²) in [7, 11) is 2.29. The molecule has 0 aromatic heterocycles. The minimum Gasteiger partial charge on any atom is -0.381 e. The number of ether oxygens (including phenoxy) is 1. The van der Waals surface area contributed by atoms with Crippen molar-refractivity contribution >= 4 is 0 Å². The number of nitrogens with one attached hydrogen (secondary N) is 1. The van der Waals surface area contributed by atoms with Gasteiger partial charge in [-0.25, -0.2) is 0 Å². The van der Waals surface area contributed by atoms with Crippen LogP contribution in [0.25, 0.3) is 0 Å². The summed E-state index contributed by atoms with van der Waals surface area (Å²) < 4.78 is 5.59. The lowest BCUT2D eigenvalue weighted by Crippen LogP contribution is -2.49. The first-order valence-corrected chi connectivity index (χ1v) is 8.36. The second kappa shape index (κ2) is 8.35. The third kappa shape index (κ3) is 6.11. The van der Waals surface area contributed by atoms with Crippen molar-refractivity contribution in [2.75, 3.05) is 33.4 Å². The van der Waals surface area contributed by atoms with Crippen LogP contribution in [0, 0.1) is 11.3 Å². The molecule has 1 saturated heterocycles. The minimum absolute atomic E-state index is 0.391. The molecule has 0 bridgehead atoms. The summed E-state index contributed by atoms with van der Waals surface area (Å²) in [6.45, 7) is 15.6. The summed E-state index contributed by atoms with van der Waals surface area (Å²) in [5, 5.41) is 3.66. The van der Waals surface area contributed by atoms with Crippen LogP contribution in [0.15, 0.2) is 0 Å². The molecule has 20 heavy (non-hydrogen) atoms. The van der Waals surface area contributed by atoms with Gasteiger partial charge < -0.3 is 15.0 Å². The number of nitrogens with zero attached hydrogens (tertiary/aromatic N) is 1. The Kier molecular flexibility index (Phi) is 7.49. The fourth-order valence-electron chi connectivity index (χ4n) is 3.16. The molecule has 1 unspecified atom stereocenters. The van der Waals surface area contributed by atoms with Crippen molar-refractivity contribution in [3.63, 3.8) is 0 Å². The van der Waals surface area contributed by atoms with Gasteiger partial charge in [0.25, 0.3) is 0 Å². The second-order valence-corrected chi connectivity index (χ2v) is 7.54. The smallest absolute Gasteiger partial charge is 0.0472 e. The van der Waals surface area contributed by atoms with Gasteiger partial charge in [0, 0.05) is 38.4 Å². The summed E-state index contributed by atoms with van der Waals surface area (Å²) >= 11 is 0. The molecule has 1 rings (SSSR count). The van der Waals surface area contributed by atoms with Crippen LogP contribution >= 0.6 is 0 Å². The molecule has 0 aliphatic carbocycles. The third-order valence-corrected chi connectivity index (χ3v) is 4.59. The maximum Gasteiger partial charge on any atom is 0.0472 e. The molecule has 0 amide bonds. The van der Waals surface area contributed by atoms with Gasteiger partial charge in [-0.2, -0.15) is 0 Å². The van der Waals surface area contributed by atoms with E-state index >= 15 is 0 Å². The minimum atomic E-state index is 0.391. The molecule has 1 heterocycles. The predicted octanol–water partition coefficient (Wildman–Crippen LogP) is 3.15. The maximum atomic E-state index is 5.59. The molecule has 120 valence electrons. The lowest BCUT2D eigenvalue weighted by atomic mass is 9.79. The molecule has 1 aliphatic heterocycles. The first-order valence-electron chi connectivity index (χ1n) is 8.36. The Balaban J connectivity index is 2.59. The van der Waals surface area contributed by atoms with Crippen molar-refractivity contribution in [3.8, 4) is 0 Å². The van der Waals surface area contributed by atoms with Crippen LogP contribution in [0.3, 0.4) is 0 Å². The molecule has 1 atom stereocenters. The monoisotopic (exact) mass is 284 g/mol. The van der Waals surface area contributed by atoms with Crippen molar-refractivity contribution in [3.05, 3.63) is 0 Å². The lowest BCUT2D eigenvalue weighted by Gasteiger charge is -2.42. The van der Waals surface area contributed by atoms with Crippen LogP contribution in [-0.4, -0.2) is 50.3 Å². The van der Waals surface area contributed by atoms with Crippen LogP contribution < -0.4 is 5.32 Å². The van der Waals surface area contributed by atoms with Crippen molar-refractivity contribution < 1.29 is 4.74 Å². The Labute approximate surface area is 126 Å². The largest absolute Gasteiger partial charge is 0.381 e. The summed E-state index contributed by atoms with van der Waals surface area (Å²) in [6.07, 6.45) is 3.65. The number of hydrogen-bond donors (Lipinski definition) is 1. The van der Waals surface area contributed by atoms with Gasteiger partial charge in [-0.1, -0.05) is 27.7 Å². The topological polar surface area (TPSA) is 24.5 Å². The van der Waals surface area contributed by atoms with Crippen molar-refractivity contribution in [2.24, 2.45) is 11.3 Å². The normalized spacial score (nSPS) is 20.9.